The van der Waals surface area contributed by atoms with Gasteiger partial charge in [0.1, 0.15) is 0 Å². The van der Waals surface area contributed by atoms with Crippen LogP contribution in [0.25, 0.3) is 6.08 Å². The smallest absolute Gasteiger partial charge is 0.323 e. The molecule has 1 saturated heterocycles. The first-order chi connectivity index (χ1) is 10.3. The lowest BCUT2D eigenvalue weighted by molar-refractivity contribution is -0.239. The number of aliphatic hydroxyl groups is 1. The van der Waals surface area contributed by atoms with E-state index in [9.17, 15) is 9.59 Å². The zero-order valence-corrected chi connectivity index (χ0v) is 13.0. The summed E-state index contributed by atoms with van der Waals surface area (Å²) in [5.41, 5.74) is 2.48. The minimum Gasteiger partial charge on any atom is -0.422 e. The van der Waals surface area contributed by atoms with Crippen molar-refractivity contribution in [1.29, 1.82) is 0 Å². The van der Waals surface area contributed by atoms with E-state index in [-0.39, 0.29) is 13.0 Å². The number of aliphatic hydroxyl groups excluding tert-OH is 1. The molecule has 1 aliphatic rings. The second-order valence-corrected chi connectivity index (χ2v) is 5.85. The van der Waals surface area contributed by atoms with Gasteiger partial charge in [-0.05, 0) is 30.0 Å². The van der Waals surface area contributed by atoms with Gasteiger partial charge in [-0.25, -0.2) is 0 Å². The molecule has 0 spiro atoms. The van der Waals surface area contributed by atoms with Gasteiger partial charge in [0, 0.05) is 13.8 Å². The molecule has 1 aromatic carbocycles. The predicted octanol–water partition coefficient (Wildman–Crippen LogP) is 2.08. The van der Waals surface area contributed by atoms with Crippen molar-refractivity contribution in [1.82, 2.24) is 0 Å². The quantitative estimate of drug-likeness (QED) is 0.681. The molecule has 0 aliphatic carbocycles. The molecule has 22 heavy (non-hydrogen) atoms. The number of benzene rings is 1. The van der Waals surface area contributed by atoms with Crippen molar-refractivity contribution in [2.45, 2.75) is 33.0 Å². The van der Waals surface area contributed by atoms with Gasteiger partial charge >= 0.3 is 11.9 Å². The van der Waals surface area contributed by atoms with Gasteiger partial charge in [0.2, 0.25) is 0 Å². The lowest BCUT2D eigenvalue weighted by Gasteiger charge is -2.33. The Balaban J connectivity index is 2.24. The molecule has 5 nitrogen and oxygen atoms in total. The topological polar surface area (TPSA) is 72.8 Å². The SMILES string of the molecule is C/C(=C\c1ccccc1CC1C(=O)OC(C)(C)OC1=O)CO. The summed E-state index contributed by atoms with van der Waals surface area (Å²) >= 11 is 0. The minimum absolute atomic E-state index is 0.0456. The molecule has 1 fully saturated rings. The van der Waals surface area contributed by atoms with Crippen LogP contribution in [0.2, 0.25) is 0 Å². The van der Waals surface area contributed by atoms with Crippen LogP contribution in [-0.4, -0.2) is 29.4 Å². The number of hydrogen-bond donors (Lipinski definition) is 1. The highest BCUT2D eigenvalue weighted by molar-refractivity contribution is 5.97. The molecule has 0 radical (unpaired) electrons. The number of carbonyl (C=O) groups is 2. The maximum Gasteiger partial charge on any atom is 0.323 e. The Labute approximate surface area is 129 Å². The fourth-order valence-corrected chi connectivity index (χ4v) is 2.30. The van der Waals surface area contributed by atoms with E-state index in [1.807, 2.05) is 37.3 Å². The Morgan fingerprint density at radius 1 is 1.23 bits per heavy atom. The lowest BCUT2D eigenvalue weighted by atomic mass is 9.94. The van der Waals surface area contributed by atoms with E-state index >= 15 is 0 Å². The third-order valence-corrected chi connectivity index (χ3v) is 3.39. The summed E-state index contributed by atoms with van der Waals surface area (Å²) < 4.78 is 10.3. The number of ether oxygens (including phenoxy) is 2. The molecule has 0 aromatic heterocycles. The first-order valence-corrected chi connectivity index (χ1v) is 7.14. The summed E-state index contributed by atoms with van der Waals surface area (Å²) in [4.78, 5) is 24.1. The highest BCUT2D eigenvalue weighted by Crippen LogP contribution is 2.27. The normalized spacial score (nSPS) is 18.8. The fourth-order valence-electron chi connectivity index (χ4n) is 2.30. The second-order valence-electron chi connectivity index (χ2n) is 5.85. The van der Waals surface area contributed by atoms with Crippen LogP contribution in [-0.2, 0) is 25.5 Å². The maximum atomic E-state index is 12.0. The number of hydrogen-bond acceptors (Lipinski definition) is 5. The molecule has 5 heteroatoms. The van der Waals surface area contributed by atoms with Gasteiger partial charge in [0.05, 0.1) is 6.61 Å². The van der Waals surface area contributed by atoms with Crippen LogP contribution < -0.4 is 0 Å². The average Bonchev–Trinajstić information content (AvgIpc) is 2.43. The summed E-state index contributed by atoms with van der Waals surface area (Å²) in [5, 5.41) is 9.13. The van der Waals surface area contributed by atoms with Gasteiger partial charge in [0.25, 0.3) is 5.79 Å². The molecule has 1 aliphatic heterocycles. The molecular weight excluding hydrogens is 284 g/mol. The summed E-state index contributed by atoms with van der Waals surface area (Å²) in [7, 11) is 0. The minimum atomic E-state index is -1.21. The summed E-state index contributed by atoms with van der Waals surface area (Å²) in [6.07, 6.45) is 2.04. The summed E-state index contributed by atoms with van der Waals surface area (Å²) in [5.74, 6) is -3.31. The van der Waals surface area contributed by atoms with Gasteiger partial charge in [0.15, 0.2) is 5.92 Å². The Morgan fingerprint density at radius 2 is 1.82 bits per heavy atom. The molecule has 1 N–H and O–H groups in total. The summed E-state index contributed by atoms with van der Waals surface area (Å²) in [6.45, 7) is 4.82. The number of carbonyl (C=O) groups excluding carboxylic acids is 2. The monoisotopic (exact) mass is 304 g/mol. The molecule has 0 atom stereocenters. The first kappa shape index (κ1) is 16.2. The largest absolute Gasteiger partial charge is 0.422 e. The van der Waals surface area contributed by atoms with E-state index in [1.165, 1.54) is 13.8 Å². The van der Waals surface area contributed by atoms with Crippen molar-refractivity contribution in [2.24, 2.45) is 5.92 Å². The Bertz CT molecular complexity index is 595. The van der Waals surface area contributed by atoms with E-state index < -0.39 is 23.6 Å². The van der Waals surface area contributed by atoms with Crippen LogP contribution in [0, 0.1) is 5.92 Å². The van der Waals surface area contributed by atoms with Crippen molar-refractivity contribution in [3.05, 3.63) is 41.0 Å². The van der Waals surface area contributed by atoms with Crippen LogP contribution in [0.15, 0.2) is 29.8 Å². The molecule has 118 valence electrons. The molecule has 0 bridgehead atoms. The van der Waals surface area contributed by atoms with Crippen molar-refractivity contribution in [3.63, 3.8) is 0 Å². The molecular formula is C17H20O5. The third kappa shape index (κ3) is 3.74. The molecule has 1 aromatic rings. The second kappa shape index (κ2) is 6.32. The van der Waals surface area contributed by atoms with E-state index in [0.717, 1.165) is 16.7 Å². The van der Waals surface area contributed by atoms with Gasteiger partial charge in [-0.2, -0.15) is 0 Å². The predicted molar refractivity (Wildman–Crippen MR) is 80.6 cm³/mol. The van der Waals surface area contributed by atoms with Gasteiger partial charge in [-0.15, -0.1) is 0 Å². The zero-order chi connectivity index (χ0) is 16.3. The fraction of sp³-hybridized carbons (Fsp3) is 0.412. The van der Waals surface area contributed by atoms with E-state index in [4.69, 9.17) is 14.6 Å². The number of esters is 2. The lowest BCUT2D eigenvalue weighted by Crippen LogP contribution is -2.47. The zero-order valence-electron chi connectivity index (χ0n) is 13.0. The van der Waals surface area contributed by atoms with Gasteiger partial charge in [-0.3, -0.25) is 9.59 Å². The van der Waals surface area contributed by atoms with Crippen LogP contribution in [0.4, 0.5) is 0 Å². The van der Waals surface area contributed by atoms with Crippen molar-refractivity contribution < 1.29 is 24.2 Å². The van der Waals surface area contributed by atoms with Gasteiger partial charge in [-0.1, -0.05) is 30.3 Å². The Hall–Kier alpha value is -2.14. The number of cyclic esters (lactones) is 2. The van der Waals surface area contributed by atoms with E-state index in [2.05, 4.69) is 0 Å². The third-order valence-electron chi connectivity index (χ3n) is 3.39. The van der Waals surface area contributed by atoms with Crippen LogP contribution in [0.5, 0.6) is 0 Å². The Morgan fingerprint density at radius 3 is 2.41 bits per heavy atom. The summed E-state index contributed by atoms with van der Waals surface area (Å²) in [6, 6.07) is 7.42. The van der Waals surface area contributed by atoms with Crippen LogP contribution >= 0.6 is 0 Å². The number of rotatable bonds is 4. The molecule has 1 heterocycles. The van der Waals surface area contributed by atoms with Gasteiger partial charge < -0.3 is 14.6 Å². The van der Waals surface area contributed by atoms with E-state index in [1.54, 1.807) is 0 Å². The highest BCUT2D eigenvalue weighted by atomic mass is 16.7. The highest BCUT2D eigenvalue weighted by Gasteiger charge is 2.43. The van der Waals surface area contributed by atoms with Crippen molar-refractivity contribution >= 4 is 18.0 Å². The molecule has 0 saturated carbocycles. The maximum absolute atomic E-state index is 12.0. The average molecular weight is 304 g/mol. The van der Waals surface area contributed by atoms with Crippen LogP contribution in [0.3, 0.4) is 0 Å². The first-order valence-electron chi connectivity index (χ1n) is 7.14. The van der Waals surface area contributed by atoms with Crippen molar-refractivity contribution in [3.8, 4) is 0 Å². The van der Waals surface area contributed by atoms with E-state index in [0.29, 0.717) is 0 Å². The molecule has 0 unspecified atom stereocenters. The van der Waals surface area contributed by atoms with Crippen LogP contribution in [0.1, 0.15) is 31.9 Å². The standard InChI is InChI=1S/C17H20O5/c1-11(10-18)8-12-6-4-5-7-13(12)9-14-15(19)21-17(2,3)22-16(14)20/h4-8,14,18H,9-10H2,1-3H3/b11-8+. The van der Waals surface area contributed by atoms with Crippen molar-refractivity contribution in [2.75, 3.05) is 6.61 Å². The Kier molecular flexibility index (Phi) is 4.66. The molecule has 0 amide bonds. The molecule has 2 rings (SSSR count).